The van der Waals surface area contributed by atoms with Gasteiger partial charge in [-0.15, -0.1) is 11.3 Å². The van der Waals surface area contributed by atoms with Crippen LogP contribution in [0.25, 0.3) is 0 Å². The number of aliphatic hydroxyl groups excluding tert-OH is 1. The minimum absolute atomic E-state index is 0.282. The van der Waals surface area contributed by atoms with Crippen molar-refractivity contribution in [1.29, 1.82) is 0 Å². The number of rotatable bonds is 7. The number of nitrogens with one attached hydrogen (secondary N) is 1. The van der Waals surface area contributed by atoms with E-state index in [-0.39, 0.29) is 6.10 Å². The van der Waals surface area contributed by atoms with Crippen molar-refractivity contribution in [3.05, 3.63) is 16.1 Å². The van der Waals surface area contributed by atoms with Crippen LogP contribution in [0.1, 0.15) is 49.4 Å². The smallest absolute Gasteiger partial charge is 0.0953 e. The lowest BCUT2D eigenvalue weighted by Crippen LogP contribution is -2.41. The van der Waals surface area contributed by atoms with E-state index in [1.807, 2.05) is 6.20 Å². The molecular weight excluding hydrogens is 282 g/mol. The number of thiazole rings is 1. The zero-order valence-corrected chi connectivity index (χ0v) is 14.3. The van der Waals surface area contributed by atoms with Gasteiger partial charge in [-0.2, -0.15) is 0 Å². The van der Waals surface area contributed by atoms with E-state index in [4.69, 9.17) is 0 Å². The number of aromatic nitrogens is 1. The fourth-order valence-corrected chi connectivity index (χ4v) is 3.53. The Kier molecular flexibility index (Phi) is 6.61. The number of nitrogens with zero attached hydrogens (tertiary/aromatic N) is 2. The summed E-state index contributed by atoms with van der Waals surface area (Å²) in [5.41, 5.74) is 0. The van der Waals surface area contributed by atoms with Gasteiger partial charge in [0.1, 0.15) is 0 Å². The van der Waals surface area contributed by atoms with Gasteiger partial charge in [0, 0.05) is 36.6 Å². The third-order valence-electron chi connectivity index (χ3n) is 4.09. The molecule has 1 unspecified atom stereocenters. The third kappa shape index (κ3) is 5.66. The Labute approximate surface area is 132 Å². The molecule has 5 heteroatoms. The van der Waals surface area contributed by atoms with Gasteiger partial charge in [-0.1, -0.05) is 20.8 Å². The number of piperidine rings is 1. The molecule has 21 heavy (non-hydrogen) atoms. The minimum Gasteiger partial charge on any atom is -0.390 e. The summed E-state index contributed by atoms with van der Waals surface area (Å²) < 4.78 is 0. The maximum absolute atomic E-state index is 10.1. The fourth-order valence-electron chi connectivity index (χ4n) is 2.64. The summed E-state index contributed by atoms with van der Waals surface area (Å²) in [5, 5.41) is 14.7. The van der Waals surface area contributed by atoms with Gasteiger partial charge in [0.05, 0.1) is 11.1 Å². The Hall–Kier alpha value is -0.490. The van der Waals surface area contributed by atoms with Gasteiger partial charge >= 0.3 is 0 Å². The van der Waals surface area contributed by atoms with Gasteiger partial charge in [-0.3, -0.25) is 0 Å². The third-order valence-corrected chi connectivity index (χ3v) is 5.39. The highest BCUT2D eigenvalue weighted by atomic mass is 32.1. The highest BCUT2D eigenvalue weighted by Gasteiger charge is 2.18. The summed E-state index contributed by atoms with van der Waals surface area (Å²) in [6.07, 6.45) is 4.19. The number of aliphatic hydroxyl groups is 1. The molecule has 2 N–H and O–H groups in total. The van der Waals surface area contributed by atoms with E-state index in [0.717, 1.165) is 32.1 Å². The van der Waals surface area contributed by atoms with Crippen LogP contribution < -0.4 is 5.32 Å². The van der Waals surface area contributed by atoms with Crippen molar-refractivity contribution in [3.8, 4) is 0 Å². The predicted molar refractivity (Wildman–Crippen MR) is 88.8 cm³/mol. The van der Waals surface area contributed by atoms with Crippen molar-refractivity contribution in [2.45, 2.75) is 52.2 Å². The summed E-state index contributed by atoms with van der Waals surface area (Å²) in [5.74, 6) is 1.34. The van der Waals surface area contributed by atoms with Crippen LogP contribution >= 0.6 is 11.3 Å². The lowest BCUT2D eigenvalue weighted by molar-refractivity contribution is 0.0907. The van der Waals surface area contributed by atoms with Crippen LogP contribution in [0.15, 0.2) is 6.20 Å². The number of β-amino-alcohol motifs (C(OH)–C–C–N with tert-alkyl or cyclic N) is 1. The Bertz CT molecular complexity index is 413. The minimum atomic E-state index is -0.282. The molecule has 1 atom stereocenters. The highest BCUT2D eigenvalue weighted by molar-refractivity contribution is 7.11. The Morgan fingerprint density at radius 1 is 1.43 bits per heavy atom. The highest BCUT2D eigenvalue weighted by Crippen LogP contribution is 2.20. The molecule has 0 aromatic carbocycles. The van der Waals surface area contributed by atoms with E-state index in [1.54, 1.807) is 11.3 Å². The summed E-state index contributed by atoms with van der Waals surface area (Å²) >= 11 is 1.76. The van der Waals surface area contributed by atoms with Gasteiger partial charge in [0.2, 0.25) is 0 Å². The summed E-state index contributed by atoms with van der Waals surface area (Å²) in [6, 6.07) is 0. The first kappa shape index (κ1) is 16.9. The molecule has 2 heterocycles. The molecule has 1 saturated heterocycles. The summed E-state index contributed by atoms with van der Waals surface area (Å²) in [4.78, 5) is 8.05. The maximum Gasteiger partial charge on any atom is 0.0953 e. The molecule has 120 valence electrons. The molecular formula is C16H29N3OS. The zero-order chi connectivity index (χ0) is 15.2. The Morgan fingerprint density at radius 3 is 2.76 bits per heavy atom. The number of hydrogen-bond donors (Lipinski definition) is 2. The quantitative estimate of drug-likeness (QED) is 0.812. The molecule has 1 fully saturated rings. The predicted octanol–water partition coefficient (Wildman–Crippen LogP) is 2.45. The van der Waals surface area contributed by atoms with Crippen LogP contribution in [-0.4, -0.2) is 47.3 Å². The van der Waals surface area contributed by atoms with Crippen LogP contribution in [0.4, 0.5) is 0 Å². The number of likely N-dealkylation sites (tertiary alicyclic amines) is 1. The SMILES string of the molecule is CC1CCN(CC(O)CNCc2cnc(C(C)C)s2)CC1. The first-order chi connectivity index (χ1) is 10.0. The standard InChI is InChI=1S/C16H29N3OS/c1-12(2)16-18-10-15(21-16)9-17-8-14(20)11-19-6-4-13(3)5-7-19/h10,12-14,17,20H,4-9,11H2,1-3H3. The second-order valence-corrected chi connectivity index (χ2v) is 7.73. The Morgan fingerprint density at radius 2 is 2.14 bits per heavy atom. The molecule has 0 amide bonds. The first-order valence-corrected chi connectivity index (χ1v) is 8.92. The van der Waals surface area contributed by atoms with Crippen molar-refractivity contribution < 1.29 is 5.11 Å². The molecule has 1 aliphatic heterocycles. The molecule has 0 bridgehead atoms. The topological polar surface area (TPSA) is 48.4 Å². The van der Waals surface area contributed by atoms with E-state index >= 15 is 0 Å². The van der Waals surface area contributed by atoms with E-state index < -0.39 is 0 Å². The van der Waals surface area contributed by atoms with E-state index in [2.05, 4.69) is 36.0 Å². The van der Waals surface area contributed by atoms with E-state index in [0.29, 0.717) is 12.5 Å². The summed E-state index contributed by atoms with van der Waals surface area (Å²) in [6.45, 7) is 11.2. The van der Waals surface area contributed by atoms with Gasteiger partial charge < -0.3 is 15.3 Å². The molecule has 1 aromatic rings. The fraction of sp³-hybridized carbons (Fsp3) is 0.812. The largest absolute Gasteiger partial charge is 0.390 e. The van der Waals surface area contributed by atoms with Gasteiger partial charge in [-0.25, -0.2) is 4.98 Å². The second-order valence-electron chi connectivity index (χ2n) is 6.59. The molecule has 1 aromatic heterocycles. The summed E-state index contributed by atoms with van der Waals surface area (Å²) in [7, 11) is 0. The second kappa shape index (κ2) is 8.22. The molecule has 2 rings (SSSR count). The molecule has 0 aliphatic carbocycles. The van der Waals surface area contributed by atoms with Gasteiger partial charge in [0.25, 0.3) is 0 Å². The van der Waals surface area contributed by atoms with Crippen molar-refractivity contribution in [1.82, 2.24) is 15.2 Å². The van der Waals surface area contributed by atoms with Crippen LogP contribution in [0.5, 0.6) is 0 Å². The van der Waals surface area contributed by atoms with Crippen molar-refractivity contribution in [3.63, 3.8) is 0 Å². The maximum atomic E-state index is 10.1. The van der Waals surface area contributed by atoms with Crippen LogP contribution in [-0.2, 0) is 6.54 Å². The average molecular weight is 311 g/mol. The molecule has 0 radical (unpaired) electrons. The van der Waals surface area contributed by atoms with Crippen molar-refractivity contribution in [2.24, 2.45) is 5.92 Å². The van der Waals surface area contributed by atoms with Crippen LogP contribution in [0.3, 0.4) is 0 Å². The van der Waals surface area contributed by atoms with Gasteiger partial charge in [0.15, 0.2) is 0 Å². The Balaban J connectivity index is 1.63. The van der Waals surface area contributed by atoms with Gasteiger partial charge in [-0.05, 0) is 31.8 Å². The molecule has 4 nitrogen and oxygen atoms in total. The first-order valence-electron chi connectivity index (χ1n) is 8.10. The van der Waals surface area contributed by atoms with Crippen molar-refractivity contribution in [2.75, 3.05) is 26.2 Å². The monoisotopic (exact) mass is 311 g/mol. The van der Waals surface area contributed by atoms with E-state index in [1.165, 1.54) is 22.7 Å². The molecule has 0 spiro atoms. The van der Waals surface area contributed by atoms with E-state index in [9.17, 15) is 5.11 Å². The molecule has 1 aliphatic rings. The molecule has 0 saturated carbocycles. The normalized spacial score (nSPS) is 19.3. The average Bonchev–Trinajstić information content (AvgIpc) is 2.90. The number of hydrogen-bond acceptors (Lipinski definition) is 5. The lowest BCUT2D eigenvalue weighted by atomic mass is 9.99. The lowest BCUT2D eigenvalue weighted by Gasteiger charge is -2.31. The van der Waals surface area contributed by atoms with Crippen molar-refractivity contribution >= 4 is 11.3 Å². The zero-order valence-electron chi connectivity index (χ0n) is 13.5. The van der Waals surface area contributed by atoms with Crippen LogP contribution in [0.2, 0.25) is 0 Å². The van der Waals surface area contributed by atoms with Crippen LogP contribution in [0, 0.1) is 5.92 Å².